The predicted molar refractivity (Wildman–Crippen MR) is 69.2 cm³/mol. The minimum atomic E-state index is 0.295. The van der Waals surface area contributed by atoms with E-state index in [2.05, 4.69) is 24.4 Å². The van der Waals surface area contributed by atoms with Crippen LogP contribution in [0, 0.1) is 0 Å². The molecule has 16 heavy (non-hydrogen) atoms. The van der Waals surface area contributed by atoms with Gasteiger partial charge in [0.1, 0.15) is 5.75 Å². The van der Waals surface area contributed by atoms with Crippen molar-refractivity contribution in [2.45, 2.75) is 31.7 Å². The Morgan fingerprint density at radius 2 is 2.00 bits per heavy atom. The summed E-state index contributed by atoms with van der Waals surface area (Å²) < 4.78 is 5.10. The Bertz CT molecular complexity index is 286. The van der Waals surface area contributed by atoms with E-state index in [1.807, 2.05) is 12.1 Å². The molecule has 1 unspecified atom stereocenters. The Kier molecular flexibility index (Phi) is 6.27. The molecule has 0 saturated heterocycles. The fraction of sp³-hybridized carbons (Fsp3) is 0.538. The quantitative estimate of drug-likeness (QED) is 0.585. The fourth-order valence-corrected chi connectivity index (χ4v) is 1.55. The summed E-state index contributed by atoms with van der Waals surface area (Å²) in [4.78, 5) is 0. The van der Waals surface area contributed by atoms with Crippen molar-refractivity contribution in [3.8, 4) is 5.75 Å². The Labute approximate surface area is 103 Å². The summed E-state index contributed by atoms with van der Waals surface area (Å²) in [6, 6.07) is 8.11. The van der Waals surface area contributed by atoms with Crippen LogP contribution >= 0.6 is 11.6 Å². The smallest absolute Gasteiger partial charge is 0.118 e. The van der Waals surface area contributed by atoms with Crippen LogP contribution in [-0.4, -0.2) is 19.0 Å². The van der Waals surface area contributed by atoms with Gasteiger partial charge in [0, 0.05) is 11.9 Å². The summed E-state index contributed by atoms with van der Waals surface area (Å²) in [5.74, 6) is 0.899. The first-order valence-corrected chi connectivity index (χ1v) is 6.17. The van der Waals surface area contributed by atoms with E-state index in [4.69, 9.17) is 16.3 Å². The van der Waals surface area contributed by atoms with Gasteiger partial charge in [-0.15, -0.1) is 11.6 Å². The van der Waals surface area contributed by atoms with Gasteiger partial charge in [0.2, 0.25) is 0 Å². The number of hydrogen-bond acceptors (Lipinski definition) is 2. The first-order valence-electron chi connectivity index (χ1n) is 5.74. The van der Waals surface area contributed by atoms with Crippen molar-refractivity contribution in [1.82, 2.24) is 5.32 Å². The van der Waals surface area contributed by atoms with Crippen LogP contribution in [0.5, 0.6) is 5.75 Å². The molecule has 0 amide bonds. The number of hydrogen-bond donors (Lipinski definition) is 1. The third-order valence-corrected chi connectivity index (χ3v) is 3.09. The van der Waals surface area contributed by atoms with Crippen LogP contribution in [0.25, 0.3) is 0 Å². The van der Waals surface area contributed by atoms with Crippen molar-refractivity contribution in [1.29, 1.82) is 0 Å². The average molecular weight is 242 g/mol. The zero-order valence-corrected chi connectivity index (χ0v) is 10.8. The maximum absolute atomic E-state index is 6.03. The minimum Gasteiger partial charge on any atom is -0.497 e. The number of rotatable bonds is 7. The van der Waals surface area contributed by atoms with Gasteiger partial charge in [-0.25, -0.2) is 0 Å². The van der Waals surface area contributed by atoms with Crippen LogP contribution < -0.4 is 10.1 Å². The molecular formula is C13H20ClNO. The van der Waals surface area contributed by atoms with Gasteiger partial charge in [-0.3, -0.25) is 0 Å². The molecule has 1 atom stereocenters. The van der Waals surface area contributed by atoms with E-state index in [1.54, 1.807) is 7.11 Å². The summed E-state index contributed by atoms with van der Waals surface area (Å²) in [7, 11) is 1.68. The molecule has 0 aromatic heterocycles. The van der Waals surface area contributed by atoms with Gasteiger partial charge in [0.15, 0.2) is 0 Å². The van der Waals surface area contributed by atoms with E-state index in [-0.39, 0.29) is 0 Å². The maximum Gasteiger partial charge on any atom is 0.118 e. The van der Waals surface area contributed by atoms with Crippen LogP contribution in [-0.2, 0) is 6.54 Å². The van der Waals surface area contributed by atoms with E-state index >= 15 is 0 Å². The molecule has 1 rings (SSSR count). The molecule has 0 heterocycles. The third kappa shape index (κ3) is 4.86. The first-order chi connectivity index (χ1) is 7.76. The van der Waals surface area contributed by atoms with Crippen molar-refractivity contribution in [3.63, 3.8) is 0 Å². The molecule has 1 N–H and O–H groups in total. The van der Waals surface area contributed by atoms with Gasteiger partial charge in [0.25, 0.3) is 0 Å². The zero-order valence-electron chi connectivity index (χ0n) is 10.0. The Morgan fingerprint density at radius 1 is 1.31 bits per heavy atom. The lowest BCUT2D eigenvalue weighted by Crippen LogP contribution is -2.17. The molecular weight excluding hydrogens is 222 g/mol. The summed E-state index contributed by atoms with van der Waals surface area (Å²) in [6.07, 6.45) is 2.06. The van der Waals surface area contributed by atoms with Crippen LogP contribution in [0.1, 0.15) is 25.3 Å². The molecule has 90 valence electrons. The molecule has 0 aliphatic heterocycles. The Morgan fingerprint density at radius 3 is 2.56 bits per heavy atom. The lowest BCUT2D eigenvalue weighted by molar-refractivity contribution is 0.414. The molecule has 0 radical (unpaired) electrons. The lowest BCUT2D eigenvalue weighted by atomic mass is 10.2. The normalized spacial score (nSPS) is 12.4. The number of ether oxygens (including phenoxy) is 1. The average Bonchev–Trinajstić information content (AvgIpc) is 2.35. The van der Waals surface area contributed by atoms with E-state index < -0.39 is 0 Å². The van der Waals surface area contributed by atoms with Crippen LogP contribution in [0.15, 0.2) is 24.3 Å². The molecule has 0 aliphatic rings. The largest absolute Gasteiger partial charge is 0.497 e. The van der Waals surface area contributed by atoms with E-state index in [9.17, 15) is 0 Å². The van der Waals surface area contributed by atoms with Gasteiger partial charge < -0.3 is 10.1 Å². The van der Waals surface area contributed by atoms with E-state index in [0.29, 0.717) is 5.38 Å². The van der Waals surface area contributed by atoms with Gasteiger partial charge in [-0.1, -0.05) is 19.1 Å². The van der Waals surface area contributed by atoms with Crippen molar-refractivity contribution in [2.24, 2.45) is 0 Å². The lowest BCUT2D eigenvalue weighted by Gasteiger charge is -2.08. The highest BCUT2D eigenvalue weighted by atomic mass is 35.5. The van der Waals surface area contributed by atoms with E-state index in [1.165, 1.54) is 5.56 Å². The van der Waals surface area contributed by atoms with Gasteiger partial charge in [0.05, 0.1) is 7.11 Å². The Balaban J connectivity index is 2.21. The summed E-state index contributed by atoms with van der Waals surface area (Å²) in [6.45, 7) is 3.96. The molecule has 2 nitrogen and oxygen atoms in total. The molecule has 1 aromatic rings. The van der Waals surface area contributed by atoms with E-state index in [0.717, 1.165) is 31.7 Å². The number of halogens is 1. The highest BCUT2D eigenvalue weighted by Crippen LogP contribution is 2.11. The molecule has 0 aliphatic carbocycles. The number of methoxy groups -OCH3 is 1. The highest BCUT2D eigenvalue weighted by Gasteiger charge is 2.00. The van der Waals surface area contributed by atoms with Crippen LogP contribution in [0.4, 0.5) is 0 Å². The predicted octanol–water partition coefficient (Wildman–Crippen LogP) is 3.19. The zero-order chi connectivity index (χ0) is 11.8. The number of nitrogens with one attached hydrogen (secondary N) is 1. The number of benzene rings is 1. The summed E-state index contributed by atoms with van der Waals surface area (Å²) in [5, 5.41) is 3.67. The SMILES string of the molecule is CCC(Cl)CCNCc1ccc(OC)cc1. The van der Waals surface area contributed by atoms with Crippen LogP contribution in [0.2, 0.25) is 0 Å². The fourth-order valence-electron chi connectivity index (χ4n) is 1.44. The second-order valence-electron chi connectivity index (χ2n) is 3.82. The second-order valence-corrected chi connectivity index (χ2v) is 4.44. The van der Waals surface area contributed by atoms with Crippen molar-refractivity contribution < 1.29 is 4.74 Å². The third-order valence-electron chi connectivity index (χ3n) is 2.57. The van der Waals surface area contributed by atoms with Crippen molar-refractivity contribution in [2.75, 3.05) is 13.7 Å². The summed E-state index contributed by atoms with van der Waals surface area (Å²) >= 11 is 6.03. The maximum atomic E-state index is 6.03. The highest BCUT2D eigenvalue weighted by molar-refractivity contribution is 6.20. The van der Waals surface area contributed by atoms with Gasteiger partial charge in [-0.05, 0) is 37.1 Å². The van der Waals surface area contributed by atoms with Gasteiger partial charge in [-0.2, -0.15) is 0 Å². The molecule has 3 heteroatoms. The summed E-state index contributed by atoms with van der Waals surface area (Å²) in [5.41, 5.74) is 1.27. The van der Waals surface area contributed by atoms with Gasteiger partial charge >= 0.3 is 0 Å². The molecule has 0 bridgehead atoms. The standard InChI is InChI=1S/C13H20ClNO/c1-3-12(14)8-9-15-10-11-4-6-13(16-2)7-5-11/h4-7,12,15H,3,8-10H2,1-2H3. The second kappa shape index (κ2) is 7.53. The monoisotopic (exact) mass is 241 g/mol. The molecule has 0 spiro atoms. The Hall–Kier alpha value is -0.730. The molecule has 0 fully saturated rings. The topological polar surface area (TPSA) is 21.3 Å². The minimum absolute atomic E-state index is 0.295. The van der Waals surface area contributed by atoms with Crippen molar-refractivity contribution in [3.05, 3.63) is 29.8 Å². The number of alkyl halides is 1. The van der Waals surface area contributed by atoms with Crippen molar-refractivity contribution >= 4 is 11.6 Å². The van der Waals surface area contributed by atoms with Crippen LogP contribution in [0.3, 0.4) is 0 Å². The molecule has 0 saturated carbocycles. The molecule has 1 aromatic carbocycles. The first kappa shape index (κ1) is 13.3.